The van der Waals surface area contributed by atoms with Crippen LogP contribution in [-0.2, 0) is 0 Å². The number of carboxylic acids is 1. The van der Waals surface area contributed by atoms with Gasteiger partial charge in [-0.1, -0.05) is 26.2 Å². The molecular formula is C13H18FNO3. The van der Waals surface area contributed by atoms with Gasteiger partial charge in [-0.05, 0) is 12.5 Å². The summed E-state index contributed by atoms with van der Waals surface area (Å²) in [7, 11) is 0. The van der Waals surface area contributed by atoms with Gasteiger partial charge in [-0.25, -0.2) is 9.18 Å². The van der Waals surface area contributed by atoms with Crippen molar-refractivity contribution in [1.29, 1.82) is 0 Å². The molecule has 0 aliphatic carbocycles. The van der Waals surface area contributed by atoms with Crippen molar-refractivity contribution in [3.8, 4) is 5.75 Å². The molecular weight excluding hydrogens is 237 g/mol. The van der Waals surface area contributed by atoms with Crippen LogP contribution in [-0.4, -0.2) is 17.7 Å². The van der Waals surface area contributed by atoms with Gasteiger partial charge in [-0.3, -0.25) is 0 Å². The van der Waals surface area contributed by atoms with Crippen LogP contribution < -0.4 is 10.5 Å². The van der Waals surface area contributed by atoms with Gasteiger partial charge in [0.15, 0.2) is 11.6 Å². The Bertz CT molecular complexity index is 421. The summed E-state index contributed by atoms with van der Waals surface area (Å²) in [6.07, 6.45) is 4.05. The normalized spacial score (nSPS) is 10.3. The van der Waals surface area contributed by atoms with Gasteiger partial charge in [0.2, 0.25) is 0 Å². The van der Waals surface area contributed by atoms with Crippen LogP contribution in [0.1, 0.15) is 43.0 Å². The molecule has 1 rings (SSSR count). The number of nitrogen functional groups attached to an aromatic ring is 1. The number of halogens is 1. The summed E-state index contributed by atoms with van der Waals surface area (Å²) >= 11 is 0. The van der Waals surface area contributed by atoms with Crippen LogP contribution in [0.5, 0.6) is 5.75 Å². The highest BCUT2D eigenvalue weighted by atomic mass is 19.1. The molecule has 0 amide bonds. The molecule has 0 heterocycles. The highest BCUT2D eigenvalue weighted by molar-refractivity contribution is 5.94. The first-order chi connectivity index (χ1) is 8.56. The molecule has 0 radical (unpaired) electrons. The number of rotatable bonds is 7. The molecule has 0 spiro atoms. The highest BCUT2D eigenvalue weighted by Gasteiger charge is 2.13. The summed E-state index contributed by atoms with van der Waals surface area (Å²) in [6, 6.07) is 2.11. The average molecular weight is 255 g/mol. The van der Waals surface area contributed by atoms with E-state index in [9.17, 15) is 9.18 Å². The smallest absolute Gasteiger partial charge is 0.337 e. The molecule has 1 aromatic carbocycles. The molecule has 0 fully saturated rings. The molecule has 4 nitrogen and oxygen atoms in total. The number of nitrogens with two attached hydrogens (primary N) is 1. The Morgan fingerprint density at radius 2 is 2.11 bits per heavy atom. The Morgan fingerprint density at radius 3 is 2.72 bits per heavy atom. The van der Waals surface area contributed by atoms with E-state index in [4.69, 9.17) is 15.6 Å². The fourth-order valence-electron chi connectivity index (χ4n) is 1.58. The minimum atomic E-state index is -1.19. The molecule has 0 unspecified atom stereocenters. The molecule has 0 saturated carbocycles. The lowest BCUT2D eigenvalue weighted by Crippen LogP contribution is -2.06. The molecule has 0 aliphatic heterocycles. The van der Waals surface area contributed by atoms with Gasteiger partial charge < -0.3 is 15.6 Å². The lowest BCUT2D eigenvalue weighted by molar-refractivity contribution is 0.0697. The number of hydrogen-bond acceptors (Lipinski definition) is 3. The molecule has 100 valence electrons. The molecule has 0 aromatic heterocycles. The summed E-state index contributed by atoms with van der Waals surface area (Å²) < 4.78 is 18.7. The van der Waals surface area contributed by atoms with E-state index in [-0.39, 0.29) is 17.0 Å². The van der Waals surface area contributed by atoms with E-state index in [0.717, 1.165) is 37.8 Å². The minimum Gasteiger partial charge on any atom is -0.490 e. The lowest BCUT2D eigenvalue weighted by Gasteiger charge is -2.09. The van der Waals surface area contributed by atoms with Crippen molar-refractivity contribution in [3.05, 3.63) is 23.5 Å². The zero-order valence-corrected chi connectivity index (χ0v) is 10.4. The van der Waals surface area contributed by atoms with Crippen molar-refractivity contribution in [2.24, 2.45) is 0 Å². The number of benzene rings is 1. The van der Waals surface area contributed by atoms with Crippen LogP contribution in [0.15, 0.2) is 12.1 Å². The maximum Gasteiger partial charge on any atom is 0.337 e. The largest absolute Gasteiger partial charge is 0.490 e. The van der Waals surface area contributed by atoms with Gasteiger partial charge in [0.25, 0.3) is 0 Å². The van der Waals surface area contributed by atoms with Crippen LogP contribution in [0.25, 0.3) is 0 Å². The lowest BCUT2D eigenvalue weighted by atomic mass is 10.1. The van der Waals surface area contributed by atoms with Crippen molar-refractivity contribution in [2.45, 2.75) is 32.6 Å². The summed E-state index contributed by atoms with van der Waals surface area (Å²) in [5.41, 5.74) is 5.17. The second kappa shape index (κ2) is 6.83. The van der Waals surface area contributed by atoms with Gasteiger partial charge in [-0.15, -0.1) is 0 Å². The summed E-state index contributed by atoms with van der Waals surface area (Å²) in [5.74, 6) is -1.88. The topological polar surface area (TPSA) is 72.5 Å². The summed E-state index contributed by atoms with van der Waals surface area (Å²) in [4.78, 5) is 10.8. The molecule has 5 heteroatoms. The van der Waals surface area contributed by atoms with Gasteiger partial charge >= 0.3 is 5.97 Å². The van der Waals surface area contributed by atoms with Gasteiger partial charge in [-0.2, -0.15) is 0 Å². The quantitative estimate of drug-likeness (QED) is 0.580. The van der Waals surface area contributed by atoms with E-state index in [0.29, 0.717) is 6.61 Å². The van der Waals surface area contributed by atoms with E-state index >= 15 is 0 Å². The van der Waals surface area contributed by atoms with Crippen LogP contribution in [0.3, 0.4) is 0 Å². The van der Waals surface area contributed by atoms with E-state index < -0.39 is 11.8 Å². The SMILES string of the molecule is CCCCCCOc1cc(C(=O)O)c(N)cc1F. The van der Waals surface area contributed by atoms with Crippen LogP contribution in [0.4, 0.5) is 10.1 Å². The van der Waals surface area contributed by atoms with Crippen LogP contribution in [0.2, 0.25) is 0 Å². The molecule has 0 saturated heterocycles. The number of anilines is 1. The number of hydrogen-bond donors (Lipinski definition) is 2. The molecule has 1 aromatic rings. The second-order valence-corrected chi connectivity index (χ2v) is 4.08. The number of carboxylic acid groups (broad SMARTS) is 1. The standard InChI is InChI=1S/C13H18FNO3/c1-2-3-4-5-6-18-12-7-9(13(16)17)11(15)8-10(12)14/h7-8H,2-6,15H2,1H3,(H,16,17). The Labute approximate surface area is 106 Å². The van der Waals surface area contributed by atoms with E-state index in [1.165, 1.54) is 0 Å². The van der Waals surface area contributed by atoms with Crippen molar-refractivity contribution in [1.82, 2.24) is 0 Å². The fraction of sp³-hybridized carbons (Fsp3) is 0.462. The third-order valence-electron chi connectivity index (χ3n) is 2.59. The maximum absolute atomic E-state index is 13.5. The number of aromatic carboxylic acids is 1. The first-order valence-corrected chi connectivity index (χ1v) is 6.01. The Balaban J connectivity index is 2.65. The molecule has 3 N–H and O–H groups in total. The van der Waals surface area contributed by atoms with Crippen LogP contribution in [0, 0.1) is 5.82 Å². The van der Waals surface area contributed by atoms with Crippen molar-refractivity contribution in [2.75, 3.05) is 12.3 Å². The third-order valence-corrected chi connectivity index (χ3v) is 2.59. The third kappa shape index (κ3) is 3.91. The van der Waals surface area contributed by atoms with E-state index in [2.05, 4.69) is 6.92 Å². The van der Waals surface area contributed by atoms with Crippen molar-refractivity contribution < 1.29 is 19.0 Å². The highest BCUT2D eigenvalue weighted by Crippen LogP contribution is 2.24. The van der Waals surface area contributed by atoms with E-state index in [1.807, 2.05) is 0 Å². The monoisotopic (exact) mass is 255 g/mol. The number of ether oxygens (including phenoxy) is 1. The molecule has 0 aliphatic rings. The predicted molar refractivity (Wildman–Crippen MR) is 67.4 cm³/mol. The van der Waals surface area contributed by atoms with Crippen molar-refractivity contribution in [3.63, 3.8) is 0 Å². The van der Waals surface area contributed by atoms with Gasteiger partial charge in [0.05, 0.1) is 12.2 Å². The zero-order chi connectivity index (χ0) is 13.5. The average Bonchev–Trinajstić information content (AvgIpc) is 2.30. The Kier molecular flexibility index (Phi) is 5.42. The summed E-state index contributed by atoms with van der Waals surface area (Å²) in [5, 5.41) is 8.86. The first-order valence-electron chi connectivity index (χ1n) is 6.01. The fourth-order valence-corrected chi connectivity index (χ4v) is 1.58. The Hall–Kier alpha value is -1.78. The predicted octanol–water partition coefficient (Wildman–Crippen LogP) is 3.07. The van der Waals surface area contributed by atoms with Gasteiger partial charge in [0.1, 0.15) is 0 Å². The summed E-state index contributed by atoms with van der Waals surface area (Å²) in [6.45, 7) is 2.47. The number of carbonyl (C=O) groups is 1. The molecule has 18 heavy (non-hydrogen) atoms. The van der Waals surface area contributed by atoms with Crippen LogP contribution >= 0.6 is 0 Å². The first kappa shape index (κ1) is 14.3. The second-order valence-electron chi connectivity index (χ2n) is 4.08. The Morgan fingerprint density at radius 1 is 1.39 bits per heavy atom. The van der Waals surface area contributed by atoms with Crippen molar-refractivity contribution >= 4 is 11.7 Å². The maximum atomic E-state index is 13.5. The minimum absolute atomic E-state index is 0.0573. The number of unbranched alkanes of at least 4 members (excludes halogenated alkanes) is 3. The zero-order valence-electron chi connectivity index (χ0n) is 10.4. The van der Waals surface area contributed by atoms with E-state index in [1.54, 1.807) is 0 Å². The van der Waals surface area contributed by atoms with Gasteiger partial charge in [0, 0.05) is 11.8 Å². The molecule has 0 bridgehead atoms. The molecule has 0 atom stereocenters.